The van der Waals surface area contributed by atoms with Gasteiger partial charge in [-0.3, -0.25) is 4.90 Å². The molecular formula is C15H25N. The third kappa shape index (κ3) is 2.61. The van der Waals surface area contributed by atoms with E-state index in [1.807, 2.05) is 0 Å². The first-order chi connectivity index (χ1) is 7.83. The van der Waals surface area contributed by atoms with Crippen LogP contribution in [0.15, 0.2) is 0 Å². The van der Waals surface area contributed by atoms with Gasteiger partial charge in [-0.25, -0.2) is 0 Å². The number of nitrogens with zero attached hydrogens (tertiary/aromatic N) is 1. The van der Waals surface area contributed by atoms with Crippen LogP contribution in [0, 0.1) is 11.8 Å². The maximum absolute atomic E-state index is 3.52. The SMILES string of the molecule is CCCCCC#C[C@H]1CC[C@@H]2CC[C@@H](C)N21. The molecule has 0 saturated carbocycles. The summed E-state index contributed by atoms with van der Waals surface area (Å²) in [6.07, 6.45) is 10.5. The number of rotatable bonds is 3. The van der Waals surface area contributed by atoms with Gasteiger partial charge in [0, 0.05) is 18.5 Å². The van der Waals surface area contributed by atoms with E-state index in [2.05, 4.69) is 30.6 Å². The molecule has 0 N–H and O–H groups in total. The summed E-state index contributed by atoms with van der Waals surface area (Å²) in [7, 11) is 0. The molecule has 0 aromatic rings. The molecular weight excluding hydrogens is 194 g/mol. The molecule has 1 heteroatoms. The van der Waals surface area contributed by atoms with Crippen LogP contribution in [0.1, 0.15) is 65.2 Å². The predicted octanol–water partition coefficient (Wildman–Crippen LogP) is 3.59. The lowest BCUT2D eigenvalue weighted by Gasteiger charge is -2.24. The maximum Gasteiger partial charge on any atom is 0.0719 e. The Morgan fingerprint density at radius 1 is 1.12 bits per heavy atom. The smallest absolute Gasteiger partial charge is 0.0719 e. The van der Waals surface area contributed by atoms with Crippen molar-refractivity contribution in [2.24, 2.45) is 0 Å². The lowest BCUT2D eigenvalue weighted by molar-refractivity contribution is 0.225. The van der Waals surface area contributed by atoms with Gasteiger partial charge in [-0.15, -0.1) is 5.92 Å². The van der Waals surface area contributed by atoms with Crippen LogP contribution in [0.2, 0.25) is 0 Å². The highest BCUT2D eigenvalue weighted by molar-refractivity contribution is 5.13. The van der Waals surface area contributed by atoms with Gasteiger partial charge in [0.05, 0.1) is 6.04 Å². The number of hydrogen-bond acceptors (Lipinski definition) is 1. The Labute approximate surface area is 101 Å². The van der Waals surface area contributed by atoms with Gasteiger partial charge in [-0.05, 0) is 39.0 Å². The zero-order valence-electron chi connectivity index (χ0n) is 10.8. The second-order valence-corrected chi connectivity index (χ2v) is 5.40. The van der Waals surface area contributed by atoms with Crippen LogP contribution in [-0.4, -0.2) is 23.0 Å². The van der Waals surface area contributed by atoms with Gasteiger partial charge in [0.15, 0.2) is 0 Å². The zero-order chi connectivity index (χ0) is 11.4. The minimum atomic E-state index is 0.587. The van der Waals surface area contributed by atoms with E-state index < -0.39 is 0 Å². The van der Waals surface area contributed by atoms with Crippen molar-refractivity contribution in [2.75, 3.05) is 0 Å². The van der Waals surface area contributed by atoms with Gasteiger partial charge in [-0.1, -0.05) is 25.7 Å². The Balaban J connectivity index is 1.81. The molecule has 0 aromatic carbocycles. The zero-order valence-corrected chi connectivity index (χ0v) is 10.8. The van der Waals surface area contributed by atoms with E-state index >= 15 is 0 Å². The Bertz CT molecular complexity index is 273. The van der Waals surface area contributed by atoms with Crippen molar-refractivity contribution >= 4 is 0 Å². The van der Waals surface area contributed by atoms with Crippen LogP contribution in [0.3, 0.4) is 0 Å². The fraction of sp³-hybridized carbons (Fsp3) is 0.867. The average Bonchev–Trinajstić information content (AvgIpc) is 2.83. The van der Waals surface area contributed by atoms with Gasteiger partial charge in [-0.2, -0.15) is 0 Å². The molecule has 0 unspecified atom stereocenters. The number of hydrogen-bond donors (Lipinski definition) is 0. The van der Waals surface area contributed by atoms with Gasteiger partial charge >= 0.3 is 0 Å². The number of fused-ring (bicyclic) bond motifs is 1. The molecule has 2 fully saturated rings. The first-order valence-electron chi connectivity index (χ1n) is 7.08. The Kier molecular flexibility index (Phi) is 4.29. The van der Waals surface area contributed by atoms with Crippen molar-refractivity contribution in [1.29, 1.82) is 0 Å². The van der Waals surface area contributed by atoms with Crippen molar-refractivity contribution in [2.45, 2.75) is 83.3 Å². The van der Waals surface area contributed by atoms with Crippen LogP contribution in [-0.2, 0) is 0 Å². The van der Waals surface area contributed by atoms with E-state index in [0.717, 1.165) is 18.5 Å². The van der Waals surface area contributed by atoms with Crippen LogP contribution in [0.4, 0.5) is 0 Å². The molecule has 0 aliphatic carbocycles. The second-order valence-electron chi connectivity index (χ2n) is 5.40. The van der Waals surface area contributed by atoms with Crippen molar-refractivity contribution < 1.29 is 0 Å². The molecule has 0 radical (unpaired) electrons. The largest absolute Gasteiger partial charge is 0.284 e. The van der Waals surface area contributed by atoms with E-state index in [-0.39, 0.29) is 0 Å². The van der Waals surface area contributed by atoms with Crippen LogP contribution in [0.25, 0.3) is 0 Å². The van der Waals surface area contributed by atoms with E-state index in [9.17, 15) is 0 Å². The fourth-order valence-electron chi connectivity index (χ4n) is 3.25. The highest BCUT2D eigenvalue weighted by atomic mass is 15.2. The molecule has 1 nitrogen and oxygen atoms in total. The van der Waals surface area contributed by atoms with Crippen molar-refractivity contribution in [3.05, 3.63) is 0 Å². The Morgan fingerprint density at radius 3 is 2.75 bits per heavy atom. The summed E-state index contributed by atoms with van der Waals surface area (Å²) in [5.41, 5.74) is 0. The molecule has 0 bridgehead atoms. The molecule has 90 valence electrons. The van der Waals surface area contributed by atoms with Gasteiger partial charge in [0.25, 0.3) is 0 Å². The second kappa shape index (κ2) is 5.73. The molecule has 2 aliphatic heterocycles. The van der Waals surface area contributed by atoms with E-state index in [1.54, 1.807) is 0 Å². The fourth-order valence-corrected chi connectivity index (χ4v) is 3.25. The average molecular weight is 219 g/mol. The minimum Gasteiger partial charge on any atom is -0.284 e. The van der Waals surface area contributed by atoms with E-state index in [0.29, 0.717) is 6.04 Å². The summed E-state index contributed by atoms with van der Waals surface area (Å²) in [5.74, 6) is 6.92. The van der Waals surface area contributed by atoms with E-state index in [1.165, 1.54) is 44.9 Å². The highest BCUT2D eigenvalue weighted by Crippen LogP contribution is 2.36. The van der Waals surface area contributed by atoms with Crippen LogP contribution < -0.4 is 0 Å². The normalized spacial score (nSPS) is 33.5. The monoisotopic (exact) mass is 219 g/mol. The predicted molar refractivity (Wildman–Crippen MR) is 69.3 cm³/mol. The first kappa shape index (κ1) is 12.0. The molecule has 3 atom stereocenters. The quantitative estimate of drug-likeness (QED) is 0.518. The number of unbranched alkanes of at least 4 members (excludes halogenated alkanes) is 3. The summed E-state index contributed by atoms with van der Waals surface area (Å²) < 4.78 is 0. The maximum atomic E-state index is 3.52. The van der Waals surface area contributed by atoms with Gasteiger partial charge < -0.3 is 0 Å². The lowest BCUT2D eigenvalue weighted by atomic mass is 10.1. The summed E-state index contributed by atoms with van der Waals surface area (Å²) in [6.45, 7) is 4.62. The Hall–Kier alpha value is -0.480. The first-order valence-corrected chi connectivity index (χ1v) is 7.08. The third-order valence-corrected chi connectivity index (χ3v) is 4.16. The highest BCUT2D eigenvalue weighted by Gasteiger charge is 2.39. The summed E-state index contributed by atoms with van der Waals surface area (Å²) in [4.78, 5) is 2.69. The molecule has 2 rings (SSSR count). The molecule has 2 aliphatic rings. The summed E-state index contributed by atoms with van der Waals surface area (Å²) in [5, 5.41) is 0. The molecule has 0 spiro atoms. The van der Waals surface area contributed by atoms with Gasteiger partial charge in [0.1, 0.15) is 0 Å². The topological polar surface area (TPSA) is 3.24 Å². The van der Waals surface area contributed by atoms with Crippen molar-refractivity contribution in [1.82, 2.24) is 4.90 Å². The lowest BCUT2D eigenvalue weighted by Crippen LogP contribution is -2.35. The van der Waals surface area contributed by atoms with Crippen molar-refractivity contribution in [3.8, 4) is 11.8 Å². The third-order valence-electron chi connectivity index (χ3n) is 4.16. The Morgan fingerprint density at radius 2 is 1.94 bits per heavy atom. The molecule has 0 amide bonds. The van der Waals surface area contributed by atoms with Gasteiger partial charge in [0.2, 0.25) is 0 Å². The van der Waals surface area contributed by atoms with Crippen molar-refractivity contribution in [3.63, 3.8) is 0 Å². The molecule has 16 heavy (non-hydrogen) atoms. The summed E-state index contributed by atoms with van der Waals surface area (Å²) >= 11 is 0. The van der Waals surface area contributed by atoms with E-state index in [4.69, 9.17) is 0 Å². The molecule has 0 aromatic heterocycles. The molecule has 2 saturated heterocycles. The van der Waals surface area contributed by atoms with Crippen LogP contribution in [0.5, 0.6) is 0 Å². The molecule has 2 heterocycles. The van der Waals surface area contributed by atoms with Crippen LogP contribution >= 0.6 is 0 Å². The standard InChI is InChI=1S/C15H25N/c1-3-4-5-6-7-8-14-11-12-15-10-9-13(2)16(14)15/h13-15H,3-6,9-12H2,1-2H3/t13-,14+,15+/m1/s1. The summed E-state index contributed by atoms with van der Waals surface area (Å²) in [6, 6.07) is 2.23. The minimum absolute atomic E-state index is 0.587.